The molecule has 1 rings (SSSR count). The van der Waals surface area contributed by atoms with Crippen molar-refractivity contribution in [2.45, 2.75) is 93.5 Å². The monoisotopic (exact) mass is 550 g/mol. The fourth-order valence-corrected chi connectivity index (χ4v) is 12.5. The Balaban J connectivity index is 3.77. The molecule has 0 saturated carbocycles. The van der Waals surface area contributed by atoms with Crippen LogP contribution in [0.2, 0.25) is 0 Å². The Kier molecular flexibility index (Phi) is 9.62. The van der Waals surface area contributed by atoms with Crippen molar-refractivity contribution in [1.82, 2.24) is 0 Å². The van der Waals surface area contributed by atoms with E-state index in [1.54, 1.807) is 54.7 Å². The smallest absolute Gasteiger partial charge is 0.322 e. The molecule has 1 atom stereocenters. The second-order valence-corrected chi connectivity index (χ2v) is 21.0. The van der Waals surface area contributed by atoms with Crippen LogP contribution in [0.1, 0.15) is 69.2 Å². The lowest BCUT2D eigenvalue weighted by Crippen LogP contribution is -2.62. The van der Waals surface area contributed by atoms with Gasteiger partial charge in [-0.1, -0.05) is 62.3 Å². The Bertz CT molecular complexity index is 701. The third-order valence-electron chi connectivity index (χ3n) is 3.78. The molecule has 0 N–H and O–H groups in total. The summed E-state index contributed by atoms with van der Waals surface area (Å²) in [6.45, 7) is 20.6. The van der Waals surface area contributed by atoms with Crippen LogP contribution < -0.4 is 14.0 Å². The van der Waals surface area contributed by atoms with Crippen molar-refractivity contribution in [2.24, 2.45) is 0 Å². The van der Waals surface area contributed by atoms with Gasteiger partial charge in [0, 0.05) is 46.9 Å². The summed E-state index contributed by atoms with van der Waals surface area (Å²) in [6, 6.07) is 0. The molecule has 1 aliphatic rings. The Hall–Kier alpha value is 0.740. The number of rotatable bonds is 9. The number of halogens is 1. The van der Waals surface area contributed by atoms with Gasteiger partial charge in [0.2, 0.25) is 0 Å². The van der Waals surface area contributed by atoms with E-state index in [2.05, 4.69) is 62.3 Å². The first-order chi connectivity index (χ1) is 14.0. The van der Waals surface area contributed by atoms with Gasteiger partial charge >= 0.3 is 5.97 Å². The van der Waals surface area contributed by atoms with Crippen molar-refractivity contribution in [3.63, 3.8) is 0 Å². The number of carbonyl (C=O) groups is 1. The van der Waals surface area contributed by atoms with Crippen LogP contribution in [0.4, 0.5) is 0 Å². The summed E-state index contributed by atoms with van der Waals surface area (Å²) in [6.07, 6.45) is 3.11. The van der Waals surface area contributed by atoms with Gasteiger partial charge in [-0.05, 0) is 6.92 Å². The predicted molar refractivity (Wildman–Crippen MR) is 133 cm³/mol. The highest BCUT2D eigenvalue weighted by atomic mass is 35.7. The van der Waals surface area contributed by atoms with E-state index in [1.165, 1.54) is 0 Å². The van der Waals surface area contributed by atoms with Crippen LogP contribution in [0.25, 0.3) is 0 Å². The van der Waals surface area contributed by atoms with Gasteiger partial charge in [-0.15, -0.1) is 35.3 Å². The quantitative estimate of drug-likeness (QED) is 0.399. The Morgan fingerprint density at radius 3 is 1.62 bits per heavy atom. The van der Waals surface area contributed by atoms with Crippen LogP contribution in [0.5, 0.6) is 0 Å². The maximum absolute atomic E-state index is 13.4. The maximum Gasteiger partial charge on any atom is 0.322 e. The van der Waals surface area contributed by atoms with E-state index >= 15 is 0 Å². The third-order valence-corrected chi connectivity index (χ3v) is 12.2. The molecule has 1 unspecified atom stereocenters. The molecule has 0 radical (unpaired) electrons. The number of hydrogen-bond acceptors (Lipinski definition) is 9. The van der Waals surface area contributed by atoms with Gasteiger partial charge in [0.05, 0.1) is 16.9 Å². The average Bonchev–Trinajstić information content (AvgIpc) is 2.94. The molecule has 0 aromatic carbocycles. The highest BCUT2D eigenvalue weighted by molar-refractivity contribution is 8.30. The molecule has 0 amide bonds. The van der Waals surface area contributed by atoms with Crippen molar-refractivity contribution in [1.29, 1.82) is 0 Å². The fourth-order valence-electron chi connectivity index (χ4n) is 3.21. The summed E-state index contributed by atoms with van der Waals surface area (Å²) >= 11 is 4.96. The Morgan fingerprint density at radius 2 is 1.34 bits per heavy atom. The zero-order chi connectivity index (χ0) is 25.6. The zero-order valence-electron chi connectivity index (χ0n) is 21.2. The minimum absolute atomic E-state index is 0.137. The topological polar surface area (TPSA) is 105 Å². The lowest BCUT2D eigenvalue weighted by Gasteiger charge is -2.41. The van der Waals surface area contributed by atoms with Gasteiger partial charge in [0.15, 0.2) is 0 Å². The summed E-state index contributed by atoms with van der Waals surface area (Å²) in [5, 5.41) is -0.954. The van der Waals surface area contributed by atoms with E-state index in [4.69, 9.17) is 8.47 Å². The van der Waals surface area contributed by atoms with Gasteiger partial charge in [0.1, 0.15) is 13.7 Å². The molecule has 0 fully saturated rings. The Labute approximate surface area is 210 Å². The molecule has 0 aromatic rings. The molecular formula is C21H39ClO6S4. The van der Waals surface area contributed by atoms with E-state index in [1.807, 2.05) is 0 Å². The molecule has 0 aliphatic heterocycles. The minimum atomic E-state index is -4.71. The second kappa shape index (κ2) is 10.0. The van der Waals surface area contributed by atoms with Crippen LogP contribution >= 0.6 is 45.6 Å². The van der Waals surface area contributed by atoms with Crippen LogP contribution in [0, 0.1) is 10.2 Å². The standard InChI is InChI=1S/C21H39ClO6S4/c1-13-27-17(23)16(32(11,12)28-22(24,25)26)21(31-20(8,9)10)14(29-18(2,3)4)15(21)30-19(5,6)7/h16H,13H2,1-12H3. The van der Waals surface area contributed by atoms with Gasteiger partial charge < -0.3 is 4.74 Å². The van der Waals surface area contributed by atoms with Gasteiger partial charge in [-0.2, -0.15) is 14.0 Å². The van der Waals surface area contributed by atoms with Crippen LogP contribution in [-0.2, 0) is 13.3 Å². The number of carbonyl (C=O) groups excluding carboxylic acids is 1. The molecule has 6 nitrogen and oxygen atoms in total. The molecular weight excluding hydrogens is 512 g/mol. The van der Waals surface area contributed by atoms with Crippen LogP contribution in [-0.4, -0.2) is 49.3 Å². The summed E-state index contributed by atoms with van der Waals surface area (Å²) < 4.78 is 44.0. The van der Waals surface area contributed by atoms with Crippen LogP contribution in [0.15, 0.2) is 9.81 Å². The van der Waals surface area contributed by atoms with Gasteiger partial charge in [0.25, 0.3) is 0 Å². The van der Waals surface area contributed by atoms with E-state index < -0.39 is 36.5 Å². The molecule has 0 heterocycles. The van der Waals surface area contributed by atoms with E-state index in [0.29, 0.717) is 0 Å². The fraction of sp³-hybridized carbons (Fsp3) is 0.857. The van der Waals surface area contributed by atoms with E-state index in [0.717, 1.165) is 9.81 Å². The highest BCUT2D eigenvalue weighted by Gasteiger charge is 2.70. The minimum Gasteiger partial charge on any atom is -0.465 e. The third kappa shape index (κ3) is 8.75. The predicted octanol–water partition coefficient (Wildman–Crippen LogP) is 3.37. The first kappa shape index (κ1) is 30.8. The molecule has 0 spiro atoms. The molecule has 0 bridgehead atoms. The number of thioether (sulfide) groups is 3. The molecule has 1 aliphatic carbocycles. The molecule has 0 saturated heterocycles. The van der Waals surface area contributed by atoms with Crippen molar-refractivity contribution < 1.29 is 37.5 Å². The first-order valence-corrected chi connectivity index (χ1v) is 16.4. The maximum atomic E-state index is 13.4. The second-order valence-electron chi connectivity index (χ2n) is 10.9. The van der Waals surface area contributed by atoms with Crippen molar-refractivity contribution in [3.8, 4) is 0 Å². The normalized spacial score (nSPS) is 19.1. The number of ether oxygens (including phenoxy) is 1. The van der Waals surface area contributed by atoms with Crippen molar-refractivity contribution >= 4 is 51.6 Å². The largest absolute Gasteiger partial charge is 0.465 e. The van der Waals surface area contributed by atoms with E-state index in [-0.39, 0.29) is 20.8 Å². The average molecular weight is 551 g/mol. The van der Waals surface area contributed by atoms with E-state index in [9.17, 15) is 18.8 Å². The summed E-state index contributed by atoms with van der Waals surface area (Å²) in [5.74, 6) is -0.542. The molecule has 0 aromatic heterocycles. The highest BCUT2D eigenvalue weighted by Crippen LogP contribution is 2.75. The van der Waals surface area contributed by atoms with Gasteiger partial charge in [-0.25, -0.2) is 0 Å². The number of esters is 1. The molecule has 11 heteroatoms. The Morgan fingerprint density at radius 1 is 0.938 bits per heavy atom. The zero-order valence-corrected chi connectivity index (χ0v) is 25.3. The van der Waals surface area contributed by atoms with Crippen molar-refractivity contribution in [3.05, 3.63) is 9.81 Å². The van der Waals surface area contributed by atoms with Crippen LogP contribution in [0.3, 0.4) is 0 Å². The lowest BCUT2D eigenvalue weighted by atomic mass is 10.2. The summed E-state index contributed by atoms with van der Waals surface area (Å²) in [5.41, 5.74) is 0. The molecule has 190 valence electrons. The SMILES string of the molecule is CCOC(=O)C(C1(SC(C)(C)C)C(SC(C)(C)C)=C1SC(C)(C)C)S(C)(C)O[Cl+3]([O-])([O-])[O-]. The number of hydrogen-bond donors (Lipinski definition) is 0. The van der Waals surface area contributed by atoms with Crippen molar-refractivity contribution in [2.75, 3.05) is 19.1 Å². The molecule has 32 heavy (non-hydrogen) atoms. The summed E-state index contributed by atoms with van der Waals surface area (Å²) in [4.78, 5) is 15.5. The lowest BCUT2D eigenvalue weighted by molar-refractivity contribution is -1.91. The summed E-state index contributed by atoms with van der Waals surface area (Å²) in [7, 11) is -7.43. The van der Waals surface area contributed by atoms with Gasteiger partial charge in [-0.3, -0.25) is 4.79 Å². The first-order valence-electron chi connectivity index (χ1n) is 10.3.